The van der Waals surface area contributed by atoms with E-state index in [2.05, 4.69) is 15.3 Å². The normalized spacial score (nSPS) is 14.7. The van der Waals surface area contributed by atoms with Crippen molar-refractivity contribution in [2.45, 2.75) is 25.4 Å². The first-order valence-corrected chi connectivity index (χ1v) is 6.12. The number of aromatic nitrogens is 2. The predicted molar refractivity (Wildman–Crippen MR) is 67.3 cm³/mol. The topological polar surface area (TPSA) is 37.8 Å². The minimum Gasteiger partial charge on any atom is -0.307 e. The fraction of sp³-hybridized carbons (Fsp3) is 0.286. The van der Waals surface area contributed by atoms with Crippen molar-refractivity contribution in [3.63, 3.8) is 0 Å². The van der Waals surface area contributed by atoms with Crippen molar-refractivity contribution < 1.29 is 4.39 Å². The van der Waals surface area contributed by atoms with E-state index >= 15 is 0 Å². The highest BCUT2D eigenvalue weighted by molar-refractivity contribution is 5.58. The minimum atomic E-state index is -0.247. The summed E-state index contributed by atoms with van der Waals surface area (Å²) in [5.74, 6) is 0.507. The van der Waals surface area contributed by atoms with Crippen LogP contribution in [0, 0.1) is 5.82 Å². The third-order valence-electron chi connectivity index (χ3n) is 2.95. The van der Waals surface area contributed by atoms with Gasteiger partial charge in [-0.25, -0.2) is 14.4 Å². The first-order chi connectivity index (χ1) is 8.81. The van der Waals surface area contributed by atoms with E-state index in [4.69, 9.17) is 0 Å². The lowest BCUT2D eigenvalue weighted by atomic mass is 10.1. The van der Waals surface area contributed by atoms with Crippen molar-refractivity contribution in [2.75, 3.05) is 0 Å². The van der Waals surface area contributed by atoms with Crippen LogP contribution in [0.2, 0.25) is 0 Å². The maximum Gasteiger partial charge on any atom is 0.142 e. The van der Waals surface area contributed by atoms with Crippen molar-refractivity contribution >= 4 is 0 Å². The molecule has 1 N–H and O–H groups in total. The smallest absolute Gasteiger partial charge is 0.142 e. The van der Waals surface area contributed by atoms with Crippen molar-refractivity contribution in [1.82, 2.24) is 15.3 Å². The van der Waals surface area contributed by atoms with Crippen LogP contribution in [0.25, 0.3) is 11.3 Å². The summed E-state index contributed by atoms with van der Waals surface area (Å²) < 4.78 is 13.2. The van der Waals surface area contributed by atoms with E-state index < -0.39 is 0 Å². The van der Waals surface area contributed by atoms with Gasteiger partial charge in [0.25, 0.3) is 0 Å². The van der Waals surface area contributed by atoms with E-state index in [1.165, 1.54) is 25.0 Å². The summed E-state index contributed by atoms with van der Waals surface area (Å²) >= 11 is 0. The molecule has 0 bridgehead atoms. The molecule has 18 heavy (non-hydrogen) atoms. The zero-order valence-electron chi connectivity index (χ0n) is 9.94. The van der Waals surface area contributed by atoms with Crippen LogP contribution in [0.15, 0.2) is 36.5 Å². The van der Waals surface area contributed by atoms with Crippen LogP contribution in [0.5, 0.6) is 0 Å². The Morgan fingerprint density at radius 3 is 2.94 bits per heavy atom. The fourth-order valence-corrected chi connectivity index (χ4v) is 1.82. The highest BCUT2D eigenvalue weighted by Crippen LogP contribution is 2.20. The molecule has 0 unspecified atom stereocenters. The number of nitrogens with one attached hydrogen (secondary N) is 1. The molecule has 0 atom stereocenters. The highest BCUT2D eigenvalue weighted by atomic mass is 19.1. The van der Waals surface area contributed by atoms with Crippen molar-refractivity contribution in [3.8, 4) is 11.3 Å². The molecule has 1 heterocycles. The van der Waals surface area contributed by atoms with Gasteiger partial charge in [0.15, 0.2) is 0 Å². The van der Waals surface area contributed by atoms with Gasteiger partial charge in [-0.3, -0.25) is 0 Å². The zero-order chi connectivity index (χ0) is 12.4. The summed E-state index contributed by atoms with van der Waals surface area (Å²) in [6.07, 6.45) is 4.20. The second-order valence-electron chi connectivity index (χ2n) is 4.52. The van der Waals surface area contributed by atoms with E-state index in [1.807, 2.05) is 6.07 Å². The summed E-state index contributed by atoms with van der Waals surface area (Å²) in [6, 6.07) is 8.89. The molecule has 1 aliphatic rings. The molecule has 4 heteroatoms. The first kappa shape index (κ1) is 11.3. The van der Waals surface area contributed by atoms with Crippen LogP contribution in [0.4, 0.5) is 4.39 Å². The molecule has 92 valence electrons. The van der Waals surface area contributed by atoms with Gasteiger partial charge in [0.05, 0.1) is 12.2 Å². The van der Waals surface area contributed by atoms with E-state index in [0.29, 0.717) is 12.6 Å². The predicted octanol–water partition coefficient (Wildman–Crippen LogP) is 2.53. The average molecular weight is 243 g/mol. The summed E-state index contributed by atoms with van der Waals surface area (Å²) in [5.41, 5.74) is 1.54. The van der Waals surface area contributed by atoms with E-state index in [1.54, 1.807) is 18.3 Å². The first-order valence-electron chi connectivity index (χ1n) is 6.12. The number of hydrogen-bond donors (Lipinski definition) is 1. The number of benzene rings is 1. The molecular weight excluding hydrogens is 229 g/mol. The maximum absolute atomic E-state index is 13.2. The van der Waals surface area contributed by atoms with Gasteiger partial charge in [0, 0.05) is 17.8 Å². The largest absolute Gasteiger partial charge is 0.307 e. The van der Waals surface area contributed by atoms with Crippen LogP contribution in [-0.4, -0.2) is 16.0 Å². The van der Waals surface area contributed by atoms with Gasteiger partial charge in [-0.1, -0.05) is 12.1 Å². The van der Waals surface area contributed by atoms with Gasteiger partial charge < -0.3 is 5.32 Å². The Labute approximate surface area is 105 Å². The summed E-state index contributed by atoms with van der Waals surface area (Å²) in [7, 11) is 0. The fourth-order valence-electron chi connectivity index (χ4n) is 1.82. The van der Waals surface area contributed by atoms with Crippen LogP contribution in [-0.2, 0) is 6.54 Å². The minimum absolute atomic E-state index is 0.247. The van der Waals surface area contributed by atoms with Gasteiger partial charge in [-0.2, -0.15) is 0 Å². The molecule has 0 saturated heterocycles. The van der Waals surface area contributed by atoms with Crippen LogP contribution >= 0.6 is 0 Å². The monoisotopic (exact) mass is 243 g/mol. The Bertz CT molecular complexity index is 552. The molecule has 0 spiro atoms. The molecule has 2 aromatic rings. The van der Waals surface area contributed by atoms with Crippen molar-refractivity contribution in [2.24, 2.45) is 0 Å². The third-order valence-corrected chi connectivity index (χ3v) is 2.95. The Morgan fingerprint density at radius 1 is 1.28 bits per heavy atom. The number of hydrogen-bond acceptors (Lipinski definition) is 3. The van der Waals surface area contributed by atoms with Gasteiger partial charge in [0.2, 0.25) is 0 Å². The molecule has 0 radical (unpaired) electrons. The SMILES string of the molecule is Fc1cccc(-c2ccnc(CNC3CC3)n2)c1. The van der Waals surface area contributed by atoms with E-state index in [9.17, 15) is 4.39 Å². The molecule has 1 aliphatic carbocycles. The summed E-state index contributed by atoms with van der Waals surface area (Å²) in [6.45, 7) is 0.674. The van der Waals surface area contributed by atoms with Gasteiger partial charge >= 0.3 is 0 Å². The van der Waals surface area contributed by atoms with Crippen LogP contribution in [0.3, 0.4) is 0 Å². The van der Waals surface area contributed by atoms with Crippen molar-refractivity contribution in [3.05, 3.63) is 48.2 Å². The second kappa shape index (κ2) is 4.82. The average Bonchev–Trinajstić information content (AvgIpc) is 3.21. The molecule has 1 fully saturated rings. The zero-order valence-corrected chi connectivity index (χ0v) is 9.94. The van der Waals surface area contributed by atoms with Crippen LogP contribution in [0.1, 0.15) is 18.7 Å². The van der Waals surface area contributed by atoms with E-state index in [0.717, 1.165) is 17.1 Å². The van der Waals surface area contributed by atoms with Gasteiger partial charge in [0.1, 0.15) is 11.6 Å². The molecule has 1 aromatic heterocycles. The van der Waals surface area contributed by atoms with Crippen LogP contribution < -0.4 is 5.32 Å². The molecule has 0 aliphatic heterocycles. The van der Waals surface area contributed by atoms with E-state index in [-0.39, 0.29) is 5.82 Å². The summed E-state index contributed by atoms with van der Waals surface area (Å²) in [5, 5.41) is 3.36. The number of halogens is 1. The number of rotatable bonds is 4. The molecule has 3 rings (SSSR count). The molecule has 3 nitrogen and oxygen atoms in total. The molecular formula is C14H14FN3. The Kier molecular flexibility index (Phi) is 3.02. The Hall–Kier alpha value is -1.81. The molecule has 0 amide bonds. The lowest BCUT2D eigenvalue weighted by Crippen LogP contribution is -2.17. The quantitative estimate of drug-likeness (QED) is 0.896. The second-order valence-corrected chi connectivity index (χ2v) is 4.52. The lowest BCUT2D eigenvalue weighted by molar-refractivity contribution is 0.628. The Morgan fingerprint density at radius 2 is 2.17 bits per heavy atom. The lowest BCUT2D eigenvalue weighted by Gasteiger charge is -2.05. The highest BCUT2D eigenvalue weighted by Gasteiger charge is 2.20. The number of nitrogens with zero attached hydrogens (tertiary/aromatic N) is 2. The molecule has 1 aromatic carbocycles. The van der Waals surface area contributed by atoms with Gasteiger partial charge in [-0.15, -0.1) is 0 Å². The standard InChI is InChI=1S/C14H14FN3/c15-11-3-1-2-10(8-11)13-6-7-16-14(18-13)9-17-12-4-5-12/h1-3,6-8,12,17H,4-5,9H2. The third kappa shape index (κ3) is 2.71. The summed E-state index contributed by atoms with van der Waals surface area (Å²) in [4.78, 5) is 8.66. The van der Waals surface area contributed by atoms with Crippen molar-refractivity contribution in [1.29, 1.82) is 0 Å². The maximum atomic E-state index is 13.2. The van der Waals surface area contributed by atoms with Gasteiger partial charge in [-0.05, 0) is 31.0 Å². The molecule has 1 saturated carbocycles. The Balaban J connectivity index is 1.80.